The first-order chi connectivity index (χ1) is 15.8. The molecular weight excluding hydrogens is 418 g/mol. The standard InChI is InChI=1S/C21H19N5O6/c27-20(12-4-2-1-3-5-12)22-14-9-28-19-15(10-29-18(14)19)26-21(23-24-25-26)32-13-6-7-16-17(8-13)31-11-30-16/h1-8,14-15,18-19H,9-11H2,(H,22,27). The van der Waals surface area contributed by atoms with Crippen molar-refractivity contribution in [2.45, 2.75) is 24.3 Å². The fraction of sp³-hybridized carbons (Fsp3) is 0.333. The van der Waals surface area contributed by atoms with Gasteiger partial charge in [-0.3, -0.25) is 4.79 Å². The zero-order chi connectivity index (χ0) is 21.5. The molecule has 0 aliphatic carbocycles. The minimum absolute atomic E-state index is 0.166. The zero-order valence-electron chi connectivity index (χ0n) is 16.8. The SMILES string of the molecule is O=C(NC1COC2C1OCC2n1nnnc1Oc1ccc2c(c1)OCO2)c1ccccc1. The minimum atomic E-state index is -0.321. The quantitative estimate of drug-likeness (QED) is 0.630. The molecule has 164 valence electrons. The van der Waals surface area contributed by atoms with Crippen LogP contribution in [0.3, 0.4) is 0 Å². The third-order valence-electron chi connectivity index (χ3n) is 5.71. The van der Waals surface area contributed by atoms with Gasteiger partial charge in [0.1, 0.15) is 24.0 Å². The predicted octanol–water partition coefficient (Wildman–Crippen LogP) is 1.33. The van der Waals surface area contributed by atoms with Crippen molar-refractivity contribution >= 4 is 5.91 Å². The van der Waals surface area contributed by atoms with E-state index in [9.17, 15) is 4.79 Å². The Labute approximate surface area is 182 Å². The van der Waals surface area contributed by atoms with Crippen LogP contribution in [-0.4, -0.2) is 64.4 Å². The monoisotopic (exact) mass is 437 g/mol. The maximum absolute atomic E-state index is 12.5. The van der Waals surface area contributed by atoms with Crippen LogP contribution in [0, 0.1) is 0 Å². The van der Waals surface area contributed by atoms with E-state index in [1.165, 1.54) is 0 Å². The van der Waals surface area contributed by atoms with E-state index < -0.39 is 0 Å². The van der Waals surface area contributed by atoms with Crippen LogP contribution in [0.1, 0.15) is 16.4 Å². The van der Waals surface area contributed by atoms with Crippen LogP contribution in [0.2, 0.25) is 0 Å². The van der Waals surface area contributed by atoms with E-state index in [-0.39, 0.29) is 43.0 Å². The molecule has 1 aromatic heterocycles. The molecule has 0 saturated carbocycles. The van der Waals surface area contributed by atoms with Gasteiger partial charge in [0.2, 0.25) is 6.79 Å². The van der Waals surface area contributed by atoms with Gasteiger partial charge in [-0.2, -0.15) is 4.68 Å². The highest BCUT2D eigenvalue weighted by molar-refractivity contribution is 5.94. The summed E-state index contributed by atoms with van der Waals surface area (Å²) in [6.07, 6.45) is -0.631. The fourth-order valence-corrected chi connectivity index (χ4v) is 4.16. The summed E-state index contributed by atoms with van der Waals surface area (Å²) in [6.45, 7) is 0.846. The number of carbonyl (C=O) groups is 1. The average Bonchev–Trinajstić information content (AvgIpc) is 3.60. The van der Waals surface area contributed by atoms with Gasteiger partial charge in [0.15, 0.2) is 11.5 Å². The Morgan fingerprint density at radius 3 is 2.78 bits per heavy atom. The second-order valence-corrected chi connectivity index (χ2v) is 7.63. The van der Waals surface area contributed by atoms with Crippen LogP contribution in [0.4, 0.5) is 0 Å². The van der Waals surface area contributed by atoms with Gasteiger partial charge in [0, 0.05) is 11.6 Å². The van der Waals surface area contributed by atoms with Crippen molar-refractivity contribution in [2.75, 3.05) is 20.0 Å². The lowest BCUT2D eigenvalue weighted by molar-refractivity contribution is 0.0606. The molecule has 11 heteroatoms. The molecule has 0 spiro atoms. The van der Waals surface area contributed by atoms with Crippen molar-refractivity contribution in [1.29, 1.82) is 0 Å². The maximum Gasteiger partial charge on any atom is 0.341 e. The summed E-state index contributed by atoms with van der Waals surface area (Å²) in [6, 6.07) is 13.9. The molecule has 11 nitrogen and oxygen atoms in total. The van der Waals surface area contributed by atoms with Crippen LogP contribution in [0.15, 0.2) is 48.5 Å². The number of hydrogen-bond acceptors (Lipinski definition) is 9. The van der Waals surface area contributed by atoms with Crippen LogP contribution in [0.25, 0.3) is 0 Å². The molecule has 4 atom stereocenters. The van der Waals surface area contributed by atoms with Gasteiger partial charge in [-0.15, -0.1) is 0 Å². The number of rotatable bonds is 5. The molecule has 0 bridgehead atoms. The average molecular weight is 437 g/mol. The van der Waals surface area contributed by atoms with Crippen LogP contribution in [0.5, 0.6) is 23.3 Å². The number of nitrogens with one attached hydrogen (secondary N) is 1. The molecule has 3 aromatic rings. The summed E-state index contributed by atoms with van der Waals surface area (Å²) in [5.74, 6) is 1.61. The van der Waals surface area contributed by atoms with E-state index in [1.54, 1.807) is 35.0 Å². The normalized spacial score (nSPS) is 25.5. The molecule has 4 heterocycles. The van der Waals surface area contributed by atoms with Gasteiger partial charge in [0.05, 0.1) is 19.3 Å². The lowest BCUT2D eigenvalue weighted by Crippen LogP contribution is -2.44. The molecular formula is C21H19N5O6. The van der Waals surface area contributed by atoms with Gasteiger partial charge < -0.3 is 29.0 Å². The van der Waals surface area contributed by atoms with Crippen LogP contribution in [-0.2, 0) is 9.47 Å². The molecule has 2 saturated heterocycles. The van der Waals surface area contributed by atoms with E-state index >= 15 is 0 Å². The highest BCUT2D eigenvalue weighted by Gasteiger charge is 2.50. The van der Waals surface area contributed by atoms with E-state index in [0.29, 0.717) is 36.0 Å². The summed E-state index contributed by atoms with van der Waals surface area (Å²) < 4.78 is 30.1. The highest BCUT2D eigenvalue weighted by Crippen LogP contribution is 2.38. The summed E-state index contributed by atoms with van der Waals surface area (Å²) in [5.41, 5.74) is 0.588. The van der Waals surface area contributed by atoms with Gasteiger partial charge >= 0.3 is 6.01 Å². The van der Waals surface area contributed by atoms with Crippen molar-refractivity contribution in [1.82, 2.24) is 25.5 Å². The number of carbonyl (C=O) groups excluding carboxylic acids is 1. The van der Waals surface area contributed by atoms with E-state index in [4.69, 9.17) is 23.7 Å². The summed E-state index contributed by atoms with van der Waals surface area (Å²) in [4.78, 5) is 12.5. The third-order valence-corrected chi connectivity index (χ3v) is 5.71. The predicted molar refractivity (Wildman–Crippen MR) is 107 cm³/mol. The lowest BCUT2D eigenvalue weighted by Gasteiger charge is -2.18. The maximum atomic E-state index is 12.5. The first kappa shape index (κ1) is 19.0. The molecule has 3 aliphatic rings. The zero-order valence-corrected chi connectivity index (χ0v) is 16.8. The van der Waals surface area contributed by atoms with Crippen molar-refractivity contribution in [3.8, 4) is 23.3 Å². The smallest absolute Gasteiger partial charge is 0.341 e. The summed E-state index contributed by atoms with van der Waals surface area (Å²) in [5, 5.41) is 14.8. The molecule has 1 amide bonds. The Bertz CT molecular complexity index is 1140. The van der Waals surface area contributed by atoms with Gasteiger partial charge in [-0.1, -0.05) is 23.3 Å². The molecule has 32 heavy (non-hydrogen) atoms. The minimum Gasteiger partial charge on any atom is -0.454 e. The number of tetrazole rings is 1. The Balaban J connectivity index is 1.16. The third kappa shape index (κ3) is 3.31. The molecule has 1 N–H and O–H groups in total. The molecule has 2 aromatic carbocycles. The van der Waals surface area contributed by atoms with E-state index in [0.717, 1.165) is 0 Å². The molecule has 3 aliphatic heterocycles. The molecule has 0 radical (unpaired) electrons. The first-order valence-corrected chi connectivity index (χ1v) is 10.2. The summed E-state index contributed by atoms with van der Waals surface area (Å²) in [7, 11) is 0. The molecule has 6 rings (SSSR count). The Hall–Kier alpha value is -3.70. The molecule has 4 unspecified atom stereocenters. The van der Waals surface area contributed by atoms with Crippen molar-refractivity contribution < 1.29 is 28.5 Å². The molecule has 2 fully saturated rings. The van der Waals surface area contributed by atoms with Gasteiger partial charge in [-0.05, 0) is 34.7 Å². The van der Waals surface area contributed by atoms with Crippen molar-refractivity contribution in [2.24, 2.45) is 0 Å². The topological polar surface area (TPSA) is 119 Å². The first-order valence-electron chi connectivity index (χ1n) is 10.2. The number of aromatic nitrogens is 4. The number of amides is 1. The Kier molecular flexibility index (Phi) is 4.62. The second-order valence-electron chi connectivity index (χ2n) is 7.63. The number of nitrogens with zero attached hydrogens (tertiary/aromatic N) is 4. The highest BCUT2D eigenvalue weighted by atomic mass is 16.7. The lowest BCUT2D eigenvalue weighted by atomic mass is 10.1. The largest absolute Gasteiger partial charge is 0.454 e. The van der Waals surface area contributed by atoms with Crippen LogP contribution < -0.4 is 19.5 Å². The number of ether oxygens (including phenoxy) is 5. The van der Waals surface area contributed by atoms with Gasteiger partial charge in [-0.25, -0.2) is 0 Å². The Morgan fingerprint density at radius 2 is 1.88 bits per heavy atom. The fourth-order valence-electron chi connectivity index (χ4n) is 4.16. The second kappa shape index (κ2) is 7.77. The summed E-state index contributed by atoms with van der Waals surface area (Å²) >= 11 is 0. The van der Waals surface area contributed by atoms with Gasteiger partial charge in [0.25, 0.3) is 5.91 Å². The van der Waals surface area contributed by atoms with E-state index in [2.05, 4.69) is 20.8 Å². The number of fused-ring (bicyclic) bond motifs is 2. The van der Waals surface area contributed by atoms with Crippen LogP contribution >= 0.6 is 0 Å². The van der Waals surface area contributed by atoms with Crippen molar-refractivity contribution in [3.05, 3.63) is 54.1 Å². The number of hydrogen-bond donors (Lipinski definition) is 1. The number of benzene rings is 2. The van der Waals surface area contributed by atoms with E-state index in [1.807, 2.05) is 18.2 Å². The Morgan fingerprint density at radius 1 is 1.03 bits per heavy atom. The van der Waals surface area contributed by atoms with Crippen molar-refractivity contribution in [3.63, 3.8) is 0 Å².